The molecule has 0 radical (unpaired) electrons. The van der Waals surface area contributed by atoms with Gasteiger partial charge in [0.1, 0.15) is 0 Å². The first-order valence-electron chi connectivity index (χ1n) is 8.22. The molecule has 0 saturated heterocycles. The lowest BCUT2D eigenvalue weighted by molar-refractivity contribution is -0.118. The highest BCUT2D eigenvalue weighted by atomic mass is 16.2. The molecule has 3 rings (SSSR count). The molecule has 1 aliphatic rings. The van der Waals surface area contributed by atoms with Crippen molar-refractivity contribution in [3.05, 3.63) is 65.7 Å². The van der Waals surface area contributed by atoms with Crippen molar-refractivity contribution >= 4 is 17.4 Å². The lowest BCUT2D eigenvalue weighted by Crippen LogP contribution is -2.37. The predicted molar refractivity (Wildman–Crippen MR) is 91.7 cm³/mol. The van der Waals surface area contributed by atoms with Crippen LogP contribution in [0, 0.1) is 0 Å². The Kier molecular flexibility index (Phi) is 4.86. The van der Waals surface area contributed by atoms with Gasteiger partial charge in [-0.25, -0.2) is 0 Å². The van der Waals surface area contributed by atoms with Gasteiger partial charge in [-0.1, -0.05) is 42.5 Å². The lowest BCUT2D eigenvalue weighted by Gasteiger charge is -2.28. The molecule has 1 heterocycles. The minimum Gasteiger partial charge on any atom is -0.311 e. The first kappa shape index (κ1) is 15.5. The fourth-order valence-electron chi connectivity index (χ4n) is 3.06. The lowest BCUT2D eigenvalue weighted by atomic mass is 9.99. The zero-order chi connectivity index (χ0) is 16.1. The van der Waals surface area contributed by atoms with Gasteiger partial charge in [0.25, 0.3) is 0 Å². The highest BCUT2D eigenvalue weighted by molar-refractivity contribution is 6.08. The van der Waals surface area contributed by atoms with E-state index in [9.17, 15) is 9.59 Å². The van der Waals surface area contributed by atoms with E-state index in [1.165, 1.54) is 5.56 Å². The number of unbranched alkanes of at least 4 members (excludes halogenated alkanes) is 1. The molecular weight excluding hydrogens is 286 g/mol. The predicted octanol–water partition coefficient (Wildman–Crippen LogP) is 4.02. The Morgan fingerprint density at radius 2 is 1.70 bits per heavy atom. The second-order valence-corrected chi connectivity index (χ2v) is 5.93. The van der Waals surface area contributed by atoms with Crippen molar-refractivity contribution in [2.24, 2.45) is 0 Å². The molecule has 23 heavy (non-hydrogen) atoms. The summed E-state index contributed by atoms with van der Waals surface area (Å²) in [7, 11) is 0. The second-order valence-electron chi connectivity index (χ2n) is 5.93. The molecular formula is C20H21NO2. The Morgan fingerprint density at radius 1 is 0.957 bits per heavy atom. The van der Waals surface area contributed by atoms with Crippen LogP contribution >= 0.6 is 0 Å². The fraction of sp³-hybridized carbons (Fsp3) is 0.300. The topological polar surface area (TPSA) is 37.4 Å². The van der Waals surface area contributed by atoms with Crippen LogP contribution in [-0.4, -0.2) is 18.2 Å². The normalized spacial score (nSPS) is 13.7. The molecule has 0 spiro atoms. The number of carbonyl (C=O) groups excluding carboxylic acids is 2. The third kappa shape index (κ3) is 3.67. The minimum atomic E-state index is 0.123. The van der Waals surface area contributed by atoms with Gasteiger partial charge in [-0.15, -0.1) is 0 Å². The molecule has 0 N–H and O–H groups in total. The Bertz CT molecular complexity index is 694. The standard InChI is InChI=1S/C20H21NO2/c22-19-14-15-21(18-12-6-5-11-17(18)19)20(23)13-7-4-10-16-8-2-1-3-9-16/h1-3,5-6,8-9,11-12H,4,7,10,13-15H2. The van der Waals surface area contributed by atoms with Gasteiger partial charge in [0.15, 0.2) is 5.78 Å². The molecule has 0 unspecified atom stereocenters. The van der Waals surface area contributed by atoms with Gasteiger partial charge in [0.05, 0.1) is 5.69 Å². The van der Waals surface area contributed by atoms with Crippen LogP contribution in [0.3, 0.4) is 0 Å². The molecule has 3 nitrogen and oxygen atoms in total. The number of hydrogen-bond acceptors (Lipinski definition) is 2. The summed E-state index contributed by atoms with van der Waals surface area (Å²) in [5.41, 5.74) is 2.77. The molecule has 3 heteroatoms. The van der Waals surface area contributed by atoms with Gasteiger partial charge in [-0.05, 0) is 37.0 Å². The smallest absolute Gasteiger partial charge is 0.227 e. The molecule has 0 bridgehead atoms. The minimum absolute atomic E-state index is 0.123. The number of aryl methyl sites for hydroxylation is 1. The number of Topliss-reactive ketones (excluding diaryl/α,β-unsaturated/α-hetero) is 1. The van der Waals surface area contributed by atoms with E-state index >= 15 is 0 Å². The van der Waals surface area contributed by atoms with Crippen LogP contribution in [0.15, 0.2) is 54.6 Å². The molecule has 0 fully saturated rings. The second kappa shape index (κ2) is 7.23. The van der Waals surface area contributed by atoms with Crippen LogP contribution in [-0.2, 0) is 11.2 Å². The third-order valence-corrected chi connectivity index (χ3v) is 4.31. The average Bonchev–Trinajstić information content (AvgIpc) is 2.60. The summed E-state index contributed by atoms with van der Waals surface area (Å²) in [6.45, 7) is 0.507. The molecule has 118 valence electrons. The highest BCUT2D eigenvalue weighted by Crippen LogP contribution is 2.27. The molecule has 0 saturated carbocycles. The SMILES string of the molecule is O=C1CCN(C(=O)CCCCc2ccccc2)c2ccccc21. The number of ketones is 1. The van der Waals surface area contributed by atoms with Crippen molar-refractivity contribution in [3.8, 4) is 0 Å². The number of fused-ring (bicyclic) bond motifs is 1. The van der Waals surface area contributed by atoms with Crippen LogP contribution in [0.4, 0.5) is 5.69 Å². The number of hydrogen-bond donors (Lipinski definition) is 0. The highest BCUT2D eigenvalue weighted by Gasteiger charge is 2.26. The monoisotopic (exact) mass is 307 g/mol. The Balaban J connectivity index is 1.55. The van der Waals surface area contributed by atoms with Crippen molar-refractivity contribution in [2.75, 3.05) is 11.4 Å². The first-order valence-corrected chi connectivity index (χ1v) is 8.22. The zero-order valence-electron chi connectivity index (χ0n) is 13.2. The summed E-state index contributed by atoms with van der Waals surface area (Å²) < 4.78 is 0. The fourth-order valence-corrected chi connectivity index (χ4v) is 3.06. The van der Waals surface area contributed by atoms with E-state index in [0.717, 1.165) is 24.9 Å². The molecule has 2 aromatic carbocycles. The summed E-state index contributed by atoms with van der Waals surface area (Å²) in [6, 6.07) is 17.8. The van der Waals surface area contributed by atoms with E-state index in [1.54, 1.807) is 4.90 Å². The van der Waals surface area contributed by atoms with E-state index in [-0.39, 0.29) is 11.7 Å². The van der Waals surface area contributed by atoms with Gasteiger partial charge < -0.3 is 4.90 Å². The summed E-state index contributed by atoms with van der Waals surface area (Å²) in [5.74, 6) is 0.256. The summed E-state index contributed by atoms with van der Waals surface area (Å²) in [4.78, 5) is 26.2. The Labute approximate surface area is 136 Å². The van der Waals surface area contributed by atoms with Crippen LogP contribution in [0.2, 0.25) is 0 Å². The van der Waals surface area contributed by atoms with Crippen molar-refractivity contribution in [3.63, 3.8) is 0 Å². The number of anilines is 1. The van der Waals surface area contributed by atoms with Crippen LogP contribution < -0.4 is 4.90 Å². The van der Waals surface area contributed by atoms with Gasteiger partial charge in [0.2, 0.25) is 5.91 Å². The number of rotatable bonds is 5. The maximum Gasteiger partial charge on any atom is 0.227 e. The van der Waals surface area contributed by atoms with E-state index in [1.807, 2.05) is 42.5 Å². The quantitative estimate of drug-likeness (QED) is 0.782. The Morgan fingerprint density at radius 3 is 2.52 bits per heavy atom. The summed E-state index contributed by atoms with van der Waals surface area (Å²) in [5, 5.41) is 0. The molecule has 0 aliphatic carbocycles. The van der Waals surface area contributed by atoms with E-state index in [2.05, 4.69) is 12.1 Å². The maximum absolute atomic E-state index is 12.5. The van der Waals surface area contributed by atoms with Gasteiger partial charge in [0, 0.05) is 24.9 Å². The van der Waals surface area contributed by atoms with Gasteiger partial charge in [-0.3, -0.25) is 9.59 Å². The number of amides is 1. The largest absolute Gasteiger partial charge is 0.311 e. The molecule has 0 atom stereocenters. The molecule has 1 aliphatic heterocycles. The maximum atomic E-state index is 12.5. The van der Waals surface area contributed by atoms with Crippen molar-refractivity contribution in [1.82, 2.24) is 0 Å². The van der Waals surface area contributed by atoms with Crippen LogP contribution in [0.5, 0.6) is 0 Å². The van der Waals surface area contributed by atoms with E-state index in [0.29, 0.717) is 24.9 Å². The number of para-hydroxylation sites is 1. The summed E-state index contributed by atoms with van der Waals surface area (Å²) in [6.07, 6.45) is 3.84. The first-order chi connectivity index (χ1) is 11.3. The molecule has 2 aromatic rings. The van der Waals surface area contributed by atoms with Crippen LogP contribution in [0.25, 0.3) is 0 Å². The third-order valence-electron chi connectivity index (χ3n) is 4.31. The van der Waals surface area contributed by atoms with Crippen molar-refractivity contribution < 1.29 is 9.59 Å². The summed E-state index contributed by atoms with van der Waals surface area (Å²) >= 11 is 0. The number of benzene rings is 2. The molecule has 0 aromatic heterocycles. The van der Waals surface area contributed by atoms with Crippen LogP contribution in [0.1, 0.15) is 41.6 Å². The Hall–Kier alpha value is -2.42. The van der Waals surface area contributed by atoms with Gasteiger partial charge in [-0.2, -0.15) is 0 Å². The average molecular weight is 307 g/mol. The zero-order valence-corrected chi connectivity index (χ0v) is 13.2. The van der Waals surface area contributed by atoms with E-state index < -0.39 is 0 Å². The van der Waals surface area contributed by atoms with Crippen molar-refractivity contribution in [2.45, 2.75) is 32.1 Å². The van der Waals surface area contributed by atoms with E-state index in [4.69, 9.17) is 0 Å². The molecule has 1 amide bonds. The van der Waals surface area contributed by atoms with Crippen molar-refractivity contribution in [1.29, 1.82) is 0 Å². The number of carbonyl (C=O) groups is 2. The van der Waals surface area contributed by atoms with Gasteiger partial charge >= 0.3 is 0 Å². The number of nitrogens with zero attached hydrogens (tertiary/aromatic N) is 1.